The summed E-state index contributed by atoms with van der Waals surface area (Å²) in [5.74, 6) is -5.18. The Morgan fingerprint density at radius 2 is 1.14 bits per heavy atom. The zero-order chi connectivity index (χ0) is 27.6. The predicted molar refractivity (Wildman–Crippen MR) is 107 cm³/mol. The number of anilines is 3. The molecule has 0 fully saturated rings. The molecule has 0 radical (unpaired) electrons. The Balaban J connectivity index is 3.99. The Labute approximate surface area is 199 Å². The lowest BCUT2D eigenvalue weighted by Gasteiger charge is -2.34. The van der Waals surface area contributed by atoms with Crippen LogP contribution in [0.15, 0.2) is 0 Å². The van der Waals surface area contributed by atoms with E-state index in [2.05, 4.69) is 24.7 Å². The third kappa shape index (κ3) is 7.39. The third-order valence-corrected chi connectivity index (χ3v) is 4.16. The fraction of sp³-hybridized carbons (Fsp3) is 0.600. The van der Waals surface area contributed by atoms with Gasteiger partial charge in [-0.3, -0.25) is 34.8 Å². The number of aldehydes is 2. The van der Waals surface area contributed by atoms with Gasteiger partial charge in [-0.2, -0.15) is 15.0 Å². The molecule has 6 atom stereocenters. The molecule has 0 saturated heterocycles. The van der Waals surface area contributed by atoms with Crippen LogP contribution >= 0.6 is 0 Å². The highest BCUT2D eigenvalue weighted by Gasteiger charge is 2.36. The fourth-order valence-corrected chi connectivity index (χ4v) is 2.59. The molecular weight excluding hydrogens is 504 g/mol. The minimum absolute atomic E-state index is 0.0389. The second-order valence-electron chi connectivity index (χ2n) is 6.48. The number of rotatable bonds is 17. The molecule has 0 amide bonds. The first-order chi connectivity index (χ1) is 17.0. The van der Waals surface area contributed by atoms with Crippen molar-refractivity contribution in [1.29, 1.82) is 0 Å². The number of aliphatic hydroxyl groups is 7. The second kappa shape index (κ2) is 14.4. The van der Waals surface area contributed by atoms with E-state index in [1.165, 1.54) is 0 Å². The highest BCUT2D eigenvalue weighted by Crippen LogP contribution is 2.25. The van der Waals surface area contributed by atoms with Crippen molar-refractivity contribution in [3.05, 3.63) is 0 Å². The first-order valence-corrected chi connectivity index (χ1v) is 9.45. The van der Waals surface area contributed by atoms with Crippen LogP contribution in [0.4, 0.5) is 17.8 Å². The summed E-state index contributed by atoms with van der Waals surface area (Å²) in [6.45, 7) is -3.16. The Morgan fingerprint density at radius 1 is 0.750 bits per heavy atom. The lowest BCUT2D eigenvalue weighted by Crippen LogP contribution is -2.52. The summed E-state index contributed by atoms with van der Waals surface area (Å²) in [5, 5.41) is 96.2. The number of aromatic nitrogens is 3. The minimum atomic E-state index is -2.73. The van der Waals surface area contributed by atoms with Gasteiger partial charge >= 0.3 is 5.97 Å². The van der Waals surface area contributed by atoms with Gasteiger partial charge in [0, 0.05) is 0 Å². The van der Waals surface area contributed by atoms with Crippen LogP contribution in [0.1, 0.15) is 0 Å². The molecule has 1 heterocycles. The minimum Gasteiger partial charge on any atom is -0.478 e. The van der Waals surface area contributed by atoms with E-state index in [1.807, 2.05) is 0 Å². The lowest BCUT2D eigenvalue weighted by atomic mass is 10.4. The summed E-state index contributed by atoms with van der Waals surface area (Å²) in [6, 6.07) is 0. The number of hydrogen-bond acceptors (Lipinski definition) is 20. The Hall–Kier alpha value is -3.22. The van der Waals surface area contributed by atoms with Crippen molar-refractivity contribution in [2.24, 2.45) is 0 Å². The van der Waals surface area contributed by atoms with E-state index in [1.54, 1.807) is 0 Å². The molecule has 204 valence electrons. The molecule has 36 heavy (non-hydrogen) atoms. The van der Waals surface area contributed by atoms with Crippen LogP contribution < -0.4 is 14.7 Å². The highest BCUT2D eigenvalue weighted by molar-refractivity contribution is 5.78. The Kier molecular flexibility index (Phi) is 12.3. The summed E-state index contributed by atoms with van der Waals surface area (Å²) in [7, 11) is 0. The molecule has 0 aliphatic rings. The van der Waals surface area contributed by atoms with Crippen molar-refractivity contribution in [2.45, 2.75) is 37.4 Å². The first-order valence-electron chi connectivity index (χ1n) is 9.45. The zero-order valence-corrected chi connectivity index (χ0v) is 17.9. The predicted octanol–water partition coefficient (Wildman–Crippen LogP) is -6.34. The Morgan fingerprint density at radius 3 is 1.53 bits per heavy atom. The fourth-order valence-electron chi connectivity index (χ4n) is 2.59. The number of carbonyl (C=O) groups is 3. The molecule has 1 rings (SSSR count). The number of aliphatic hydroxyl groups excluding tert-OH is 7. The van der Waals surface area contributed by atoms with E-state index < -0.39 is 81.0 Å². The number of aliphatic carboxylic acids is 1. The lowest BCUT2D eigenvalue weighted by molar-refractivity contribution is -0.258. The van der Waals surface area contributed by atoms with Gasteiger partial charge in [-0.05, 0) is 0 Å². The van der Waals surface area contributed by atoms with E-state index in [-0.39, 0.29) is 22.4 Å². The maximum Gasteiger partial charge on any atom is 0.354 e. The van der Waals surface area contributed by atoms with Gasteiger partial charge in [-0.15, -0.1) is 0 Å². The molecule has 0 aromatic carbocycles. The van der Waals surface area contributed by atoms with E-state index >= 15 is 0 Å². The third-order valence-electron chi connectivity index (χ3n) is 4.16. The first kappa shape index (κ1) is 30.8. The van der Waals surface area contributed by atoms with Gasteiger partial charge in [0.05, 0.1) is 6.61 Å². The largest absolute Gasteiger partial charge is 0.478 e. The van der Waals surface area contributed by atoms with E-state index in [0.29, 0.717) is 4.90 Å². The molecule has 0 aliphatic carbocycles. The van der Waals surface area contributed by atoms with E-state index in [0.717, 1.165) is 0 Å². The zero-order valence-electron chi connectivity index (χ0n) is 17.9. The molecule has 0 bridgehead atoms. The monoisotopic (exact) mass is 528 g/mol. The van der Waals surface area contributed by atoms with Gasteiger partial charge in [-0.1, -0.05) is 0 Å². The van der Waals surface area contributed by atoms with Gasteiger partial charge < -0.3 is 40.9 Å². The van der Waals surface area contributed by atoms with Crippen molar-refractivity contribution < 1.29 is 75.5 Å². The summed E-state index contributed by atoms with van der Waals surface area (Å²) in [6.07, 6.45) is -14.3. The highest BCUT2D eigenvalue weighted by atomic mass is 17.1. The Bertz CT molecular complexity index is 867. The number of nitrogens with zero attached hydrogens (tertiary/aromatic N) is 6. The quantitative estimate of drug-likeness (QED) is 0.0389. The maximum absolute atomic E-state index is 11.3. The van der Waals surface area contributed by atoms with Gasteiger partial charge in [-0.25, -0.2) is 14.6 Å². The number of carbonyl (C=O) groups excluding carboxylic acids is 2. The smallest absolute Gasteiger partial charge is 0.354 e. The molecular formula is C15H24N6O15. The summed E-state index contributed by atoms with van der Waals surface area (Å²) < 4.78 is 0. The van der Waals surface area contributed by atoms with E-state index in [9.17, 15) is 50.1 Å². The van der Waals surface area contributed by atoms with E-state index in [4.69, 9.17) is 15.6 Å². The average molecular weight is 528 g/mol. The maximum atomic E-state index is 11.3. The molecule has 6 unspecified atom stereocenters. The van der Waals surface area contributed by atoms with Crippen LogP contribution in [0, 0.1) is 0 Å². The summed E-state index contributed by atoms with van der Waals surface area (Å²) >= 11 is 0. The SMILES string of the molecule is O=CC(O)N(c1nc(N(C(O)CO)C(O)COO)nc(N(C(O)C=O)C(O)C(=O)O)n1)C(O)COO. The molecule has 1 aromatic heterocycles. The standard InChI is InChI=1S/C15H24N6O15/c22-1-6(25)19(9(28)4-35-33)13-16-14(20(7(26)2-23)10(29)5-36-34)18-15(17-13)21(8(27)3-24)11(30)12(31)32/h1,3,6-11,23,25-30,33-34H,2,4-5H2,(H,31,32). The molecule has 0 saturated carbocycles. The summed E-state index contributed by atoms with van der Waals surface area (Å²) in [4.78, 5) is 52.6. The van der Waals surface area contributed by atoms with Gasteiger partial charge in [0.1, 0.15) is 13.2 Å². The van der Waals surface area contributed by atoms with Crippen molar-refractivity contribution in [1.82, 2.24) is 15.0 Å². The molecule has 1 aromatic rings. The van der Waals surface area contributed by atoms with Crippen molar-refractivity contribution in [3.8, 4) is 0 Å². The average Bonchev–Trinajstić information content (AvgIpc) is 2.84. The molecule has 10 N–H and O–H groups in total. The van der Waals surface area contributed by atoms with Crippen molar-refractivity contribution in [3.63, 3.8) is 0 Å². The number of hydrogen-bond donors (Lipinski definition) is 10. The molecule has 0 aliphatic heterocycles. The van der Waals surface area contributed by atoms with Crippen LogP contribution in [-0.4, -0.2) is 142 Å². The molecule has 0 spiro atoms. The normalized spacial score (nSPS) is 16.2. The van der Waals surface area contributed by atoms with Crippen LogP contribution in [0.5, 0.6) is 0 Å². The second-order valence-corrected chi connectivity index (χ2v) is 6.48. The topological polar surface area (TPSA) is 320 Å². The van der Waals surface area contributed by atoms with Gasteiger partial charge in [0.25, 0.3) is 0 Å². The van der Waals surface area contributed by atoms with Crippen LogP contribution in [0.25, 0.3) is 0 Å². The van der Waals surface area contributed by atoms with Gasteiger partial charge in [0.15, 0.2) is 43.7 Å². The van der Waals surface area contributed by atoms with Gasteiger partial charge in [0.2, 0.25) is 24.1 Å². The van der Waals surface area contributed by atoms with Crippen molar-refractivity contribution >= 4 is 36.4 Å². The molecule has 21 nitrogen and oxygen atoms in total. The van der Waals surface area contributed by atoms with Crippen LogP contribution in [0.2, 0.25) is 0 Å². The molecule has 21 heteroatoms. The number of carboxylic acids is 1. The van der Waals surface area contributed by atoms with Crippen LogP contribution in [0.3, 0.4) is 0 Å². The van der Waals surface area contributed by atoms with Crippen molar-refractivity contribution in [2.75, 3.05) is 34.5 Å². The summed E-state index contributed by atoms with van der Waals surface area (Å²) in [5.41, 5.74) is 0. The van der Waals surface area contributed by atoms with Crippen LogP contribution in [-0.2, 0) is 24.2 Å². The number of carboxylic acid groups (broad SMARTS) is 1.